The predicted molar refractivity (Wildman–Crippen MR) is 76.4 cm³/mol. The Hall–Kier alpha value is -0.720. The molecule has 0 saturated carbocycles. The van der Waals surface area contributed by atoms with E-state index < -0.39 is 0 Å². The summed E-state index contributed by atoms with van der Waals surface area (Å²) in [6.45, 7) is 6.31. The molecule has 2 aromatic heterocycles. The van der Waals surface area contributed by atoms with Crippen molar-refractivity contribution in [1.82, 2.24) is 10.1 Å². The van der Waals surface area contributed by atoms with E-state index in [1.807, 2.05) is 12.1 Å². The van der Waals surface area contributed by atoms with Gasteiger partial charge in [-0.1, -0.05) is 25.9 Å². The normalized spacial score (nSPS) is 13.8. The summed E-state index contributed by atoms with van der Waals surface area (Å²) in [7, 11) is 0. The molecule has 2 rings (SSSR count). The lowest BCUT2D eigenvalue weighted by Crippen LogP contribution is -2.36. The molecule has 0 aromatic carbocycles. The fraction of sp³-hybridized carbons (Fsp3) is 0.500. The Kier molecular flexibility index (Phi) is 3.89. The van der Waals surface area contributed by atoms with Crippen LogP contribution < -0.4 is 5.73 Å². The molecular weight excluding hydrogens is 314 g/mol. The van der Waals surface area contributed by atoms with Crippen LogP contribution in [0.15, 0.2) is 20.4 Å². The quantitative estimate of drug-likeness (QED) is 0.936. The van der Waals surface area contributed by atoms with Gasteiger partial charge in [0.15, 0.2) is 0 Å². The Balaban J connectivity index is 2.12. The molecule has 4 nitrogen and oxygen atoms in total. The number of rotatable bonds is 3. The van der Waals surface area contributed by atoms with E-state index in [4.69, 9.17) is 10.3 Å². The van der Waals surface area contributed by atoms with E-state index in [-0.39, 0.29) is 11.5 Å². The summed E-state index contributed by atoms with van der Waals surface area (Å²) in [5.41, 5.74) is 6.13. The van der Waals surface area contributed by atoms with Gasteiger partial charge in [-0.25, -0.2) is 0 Å². The largest absolute Gasteiger partial charge is 0.339 e. The molecular formula is C12H16BrN3OS. The van der Waals surface area contributed by atoms with Crippen molar-refractivity contribution in [1.29, 1.82) is 0 Å². The molecule has 2 heterocycles. The van der Waals surface area contributed by atoms with Crippen LogP contribution in [0.4, 0.5) is 0 Å². The van der Waals surface area contributed by atoms with Crippen molar-refractivity contribution in [3.05, 3.63) is 21.8 Å². The number of hydrogen-bond acceptors (Lipinski definition) is 5. The monoisotopic (exact) mass is 329 g/mol. The molecule has 18 heavy (non-hydrogen) atoms. The van der Waals surface area contributed by atoms with Gasteiger partial charge in [0.2, 0.25) is 11.7 Å². The average Bonchev–Trinajstić information content (AvgIpc) is 2.85. The maximum Gasteiger partial charge on any atom is 0.228 e. The van der Waals surface area contributed by atoms with Gasteiger partial charge < -0.3 is 10.3 Å². The van der Waals surface area contributed by atoms with E-state index in [0.29, 0.717) is 18.1 Å². The van der Waals surface area contributed by atoms with Crippen molar-refractivity contribution in [3.63, 3.8) is 0 Å². The summed E-state index contributed by atoms with van der Waals surface area (Å²) >= 11 is 4.99. The molecule has 0 radical (unpaired) electrons. The van der Waals surface area contributed by atoms with Crippen LogP contribution in [0.5, 0.6) is 0 Å². The SMILES string of the molecule is CC(C)(C)C(N)Cc1nc(-c2ccc(Br)s2)no1. The Bertz CT molecular complexity index is 529. The zero-order valence-corrected chi connectivity index (χ0v) is 13.0. The minimum Gasteiger partial charge on any atom is -0.339 e. The van der Waals surface area contributed by atoms with Crippen molar-refractivity contribution in [2.45, 2.75) is 33.2 Å². The standard InChI is InChI=1S/C12H16BrN3OS/c1-12(2,3)8(14)6-10-15-11(16-17-10)7-4-5-9(13)18-7/h4-5,8H,6,14H2,1-3H3. The van der Waals surface area contributed by atoms with Crippen molar-refractivity contribution in [2.75, 3.05) is 0 Å². The molecule has 0 aliphatic carbocycles. The molecule has 0 amide bonds. The van der Waals surface area contributed by atoms with Crippen molar-refractivity contribution in [2.24, 2.45) is 11.1 Å². The van der Waals surface area contributed by atoms with Crippen molar-refractivity contribution >= 4 is 27.3 Å². The molecule has 0 fully saturated rings. The molecule has 6 heteroatoms. The number of nitrogens with two attached hydrogens (primary N) is 1. The highest BCUT2D eigenvalue weighted by molar-refractivity contribution is 9.11. The fourth-order valence-corrected chi connectivity index (χ4v) is 2.68. The van der Waals surface area contributed by atoms with Crippen LogP contribution in [-0.4, -0.2) is 16.2 Å². The molecule has 98 valence electrons. The first kappa shape index (κ1) is 13.7. The van der Waals surface area contributed by atoms with Gasteiger partial charge in [-0.3, -0.25) is 0 Å². The third-order valence-corrected chi connectivity index (χ3v) is 4.39. The molecule has 0 aliphatic rings. The molecule has 0 saturated heterocycles. The molecule has 2 aromatic rings. The van der Waals surface area contributed by atoms with E-state index in [0.717, 1.165) is 8.66 Å². The van der Waals surface area contributed by atoms with Gasteiger partial charge in [0, 0.05) is 12.5 Å². The summed E-state index contributed by atoms with van der Waals surface area (Å²) in [6.07, 6.45) is 0.600. The van der Waals surface area contributed by atoms with Crippen LogP contribution in [-0.2, 0) is 6.42 Å². The second kappa shape index (κ2) is 5.11. The van der Waals surface area contributed by atoms with Crippen molar-refractivity contribution in [3.8, 4) is 10.7 Å². The third kappa shape index (κ3) is 3.18. The van der Waals surface area contributed by atoms with E-state index in [2.05, 4.69) is 46.8 Å². The number of thiophene rings is 1. The van der Waals surface area contributed by atoms with Crippen LogP contribution in [0, 0.1) is 5.41 Å². The highest BCUT2D eigenvalue weighted by Crippen LogP contribution is 2.29. The first-order valence-corrected chi connectivity index (χ1v) is 7.31. The van der Waals surface area contributed by atoms with E-state index in [9.17, 15) is 0 Å². The minimum absolute atomic E-state index is 0.000807. The summed E-state index contributed by atoms with van der Waals surface area (Å²) in [4.78, 5) is 5.37. The van der Waals surface area contributed by atoms with Gasteiger partial charge in [-0.05, 0) is 33.5 Å². The van der Waals surface area contributed by atoms with Gasteiger partial charge in [-0.2, -0.15) is 4.98 Å². The van der Waals surface area contributed by atoms with Crippen LogP contribution >= 0.6 is 27.3 Å². The molecule has 0 spiro atoms. The summed E-state index contributed by atoms with van der Waals surface area (Å²) in [5.74, 6) is 1.22. The maximum atomic E-state index is 6.10. The topological polar surface area (TPSA) is 64.9 Å². The summed E-state index contributed by atoms with van der Waals surface area (Å²) < 4.78 is 6.30. The second-order valence-electron chi connectivity index (χ2n) is 5.29. The molecule has 1 unspecified atom stereocenters. The lowest BCUT2D eigenvalue weighted by Gasteiger charge is -2.25. The van der Waals surface area contributed by atoms with Gasteiger partial charge in [-0.15, -0.1) is 11.3 Å². The molecule has 1 atom stereocenters. The molecule has 0 bridgehead atoms. The lowest BCUT2D eigenvalue weighted by molar-refractivity contribution is 0.286. The van der Waals surface area contributed by atoms with Gasteiger partial charge in [0.25, 0.3) is 0 Å². The van der Waals surface area contributed by atoms with Gasteiger partial charge >= 0.3 is 0 Å². The summed E-state index contributed by atoms with van der Waals surface area (Å²) in [5, 5.41) is 3.98. The number of halogens is 1. The second-order valence-corrected chi connectivity index (χ2v) is 7.76. The average molecular weight is 330 g/mol. The minimum atomic E-state index is 0.000807. The van der Waals surface area contributed by atoms with Crippen LogP contribution in [0.25, 0.3) is 10.7 Å². The fourth-order valence-electron chi connectivity index (χ4n) is 1.37. The Morgan fingerprint density at radius 1 is 1.44 bits per heavy atom. The number of hydrogen-bond donors (Lipinski definition) is 1. The Morgan fingerprint density at radius 3 is 2.72 bits per heavy atom. The van der Waals surface area contributed by atoms with Gasteiger partial charge in [0.05, 0.1) is 8.66 Å². The zero-order chi connectivity index (χ0) is 13.3. The smallest absolute Gasteiger partial charge is 0.228 e. The first-order valence-electron chi connectivity index (χ1n) is 5.70. The molecule has 0 aliphatic heterocycles. The first-order chi connectivity index (χ1) is 8.36. The number of aromatic nitrogens is 2. The maximum absolute atomic E-state index is 6.10. The van der Waals surface area contributed by atoms with Crippen LogP contribution in [0.2, 0.25) is 0 Å². The van der Waals surface area contributed by atoms with Crippen LogP contribution in [0.3, 0.4) is 0 Å². The predicted octanol–water partition coefficient (Wildman–Crippen LogP) is 3.48. The van der Waals surface area contributed by atoms with E-state index in [1.54, 1.807) is 11.3 Å². The van der Waals surface area contributed by atoms with E-state index in [1.165, 1.54) is 0 Å². The van der Waals surface area contributed by atoms with Gasteiger partial charge in [0.1, 0.15) is 0 Å². The Labute approximate surface area is 119 Å². The van der Waals surface area contributed by atoms with E-state index >= 15 is 0 Å². The lowest BCUT2D eigenvalue weighted by atomic mass is 9.85. The third-order valence-electron chi connectivity index (χ3n) is 2.77. The Morgan fingerprint density at radius 2 is 2.17 bits per heavy atom. The zero-order valence-electron chi connectivity index (χ0n) is 10.6. The molecule has 2 N–H and O–H groups in total. The highest BCUT2D eigenvalue weighted by Gasteiger charge is 2.23. The van der Waals surface area contributed by atoms with Crippen LogP contribution in [0.1, 0.15) is 26.7 Å². The summed E-state index contributed by atoms with van der Waals surface area (Å²) in [6, 6.07) is 3.94. The van der Waals surface area contributed by atoms with Crippen molar-refractivity contribution < 1.29 is 4.52 Å². The number of nitrogens with zero attached hydrogens (tertiary/aromatic N) is 2. The highest BCUT2D eigenvalue weighted by atomic mass is 79.9.